The number of aliphatic carboxylic acids is 2. The molecule has 206 valence electrons. The molecule has 0 aromatic carbocycles. The van der Waals surface area contributed by atoms with Crippen LogP contribution in [0, 0.1) is 5.82 Å². The van der Waals surface area contributed by atoms with Gasteiger partial charge in [-0.2, -0.15) is 26.3 Å². The fraction of sp³-hybridized carbons (Fsp3) is 0.476. The molecule has 2 aromatic heterocycles. The Balaban J connectivity index is 0.000000286. The van der Waals surface area contributed by atoms with Crippen LogP contribution in [0.2, 0.25) is 0 Å². The maximum Gasteiger partial charge on any atom is 0.490 e. The van der Waals surface area contributed by atoms with Crippen molar-refractivity contribution in [1.29, 1.82) is 0 Å². The fourth-order valence-corrected chi connectivity index (χ4v) is 3.51. The second-order valence-electron chi connectivity index (χ2n) is 7.58. The summed E-state index contributed by atoms with van der Waals surface area (Å²) in [4.78, 5) is 24.1. The van der Waals surface area contributed by atoms with Gasteiger partial charge in [-0.15, -0.1) is 0 Å². The second kappa shape index (κ2) is 12.7. The van der Waals surface area contributed by atoms with Crippen molar-refractivity contribution in [1.82, 2.24) is 9.88 Å². The molecule has 2 fully saturated rings. The molecule has 4 rings (SSSR count). The third-order valence-corrected chi connectivity index (χ3v) is 5.07. The minimum atomic E-state index is -5.08. The summed E-state index contributed by atoms with van der Waals surface area (Å²) in [6.07, 6.45) is -5.29. The van der Waals surface area contributed by atoms with Gasteiger partial charge in [0.2, 0.25) is 0 Å². The first-order valence-corrected chi connectivity index (χ1v) is 10.5. The molecule has 1 saturated carbocycles. The van der Waals surface area contributed by atoms with Crippen molar-refractivity contribution < 1.29 is 64.4 Å². The Morgan fingerprint density at radius 3 is 2.19 bits per heavy atom. The number of fused-ring (bicyclic) bond motifs is 2. The zero-order valence-electron chi connectivity index (χ0n) is 18.7. The van der Waals surface area contributed by atoms with Crippen molar-refractivity contribution in [2.45, 2.75) is 50.0 Å². The fourth-order valence-electron chi connectivity index (χ4n) is 3.51. The molecule has 37 heavy (non-hydrogen) atoms. The van der Waals surface area contributed by atoms with E-state index in [2.05, 4.69) is 9.88 Å². The molecule has 3 heterocycles. The van der Waals surface area contributed by atoms with Gasteiger partial charge in [0, 0.05) is 18.8 Å². The summed E-state index contributed by atoms with van der Waals surface area (Å²) in [5, 5.41) is 14.2. The molecule has 0 spiro atoms. The first-order valence-electron chi connectivity index (χ1n) is 10.5. The number of hydrogen-bond acceptors (Lipinski definition) is 7. The Morgan fingerprint density at radius 2 is 1.68 bits per heavy atom. The number of carboxylic acid groups (broad SMARTS) is 2. The average molecular weight is 546 g/mol. The zero-order valence-corrected chi connectivity index (χ0v) is 18.7. The maximum absolute atomic E-state index is 13.9. The van der Waals surface area contributed by atoms with E-state index >= 15 is 0 Å². The van der Waals surface area contributed by atoms with Crippen LogP contribution in [0.5, 0.6) is 5.88 Å². The van der Waals surface area contributed by atoms with Gasteiger partial charge in [0.1, 0.15) is 11.9 Å². The molecular weight excluding hydrogens is 525 g/mol. The van der Waals surface area contributed by atoms with Crippen LogP contribution in [0.1, 0.15) is 18.6 Å². The lowest BCUT2D eigenvalue weighted by atomic mass is 10.1. The molecule has 2 N–H and O–H groups in total. The molecule has 2 aromatic rings. The topological polar surface area (TPSA) is 122 Å². The van der Waals surface area contributed by atoms with Crippen LogP contribution in [-0.2, 0) is 20.9 Å². The number of carboxylic acids is 2. The Bertz CT molecular complexity index is 991. The largest absolute Gasteiger partial charge is 0.490 e. The molecule has 0 radical (unpaired) electrons. The van der Waals surface area contributed by atoms with Crippen LogP contribution in [0.4, 0.5) is 30.7 Å². The highest BCUT2D eigenvalue weighted by Gasteiger charge is 2.44. The lowest BCUT2D eigenvalue weighted by Gasteiger charge is -2.30. The number of furan rings is 1. The molecule has 9 nitrogen and oxygen atoms in total. The number of nitrogens with zero attached hydrogens (tertiary/aromatic N) is 2. The van der Waals surface area contributed by atoms with Crippen LogP contribution in [0.25, 0.3) is 0 Å². The summed E-state index contributed by atoms with van der Waals surface area (Å²) in [7, 11) is 0. The van der Waals surface area contributed by atoms with Gasteiger partial charge >= 0.3 is 24.3 Å². The molecule has 2 aliphatic rings. The minimum Gasteiger partial charge on any atom is -0.475 e. The first-order chi connectivity index (χ1) is 17.2. The van der Waals surface area contributed by atoms with Gasteiger partial charge in [0.05, 0.1) is 25.5 Å². The van der Waals surface area contributed by atoms with E-state index in [0.717, 1.165) is 25.1 Å². The third kappa shape index (κ3) is 9.20. The maximum atomic E-state index is 13.9. The molecule has 3 unspecified atom stereocenters. The van der Waals surface area contributed by atoms with Crippen LogP contribution in [-0.4, -0.2) is 75.8 Å². The molecular formula is C21H21F7N2O7. The SMILES string of the molecule is Fc1cccnc1OC1C2CCC1N(Cc1ccco1)CCO2.O=C(O)C(F)(F)F.O=C(O)C(F)(F)F. The monoisotopic (exact) mass is 546 g/mol. The number of aromatic nitrogens is 1. The first kappa shape index (κ1) is 29.8. The van der Waals surface area contributed by atoms with Crippen LogP contribution in [0.15, 0.2) is 41.1 Å². The number of alkyl halides is 6. The Morgan fingerprint density at radius 1 is 1.05 bits per heavy atom. The molecule has 3 atom stereocenters. The third-order valence-electron chi connectivity index (χ3n) is 5.07. The molecule has 16 heteroatoms. The smallest absolute Gasteiger partial charge is 0.475 e. The number of carbonyl (C=O) groups is 2. The Kier molecular flexibility index (Phi) is 10.2. The van der Waals surface area contributed by atoms with Crippen molar-refractivity contribution in [2.75, 3.05) is 13.2 Å². The molecule has 1 aliphatic carbocycles. The normalized spacial score (nSPS) is 21.5. The number of rotatable bonds is 4. The highest BCUT2D eigenvalue weighted by molar-refractivity contribution is 5.73. The van der Waals surface area contributed by atoms with Gasteiger partial charge in [-0.05, 0) is 37.1 Å². The lowest BCUT2D eigenvalue weighted by molar-refractivity contribution is -0.193. The highest BCUT2D eigenvalue weighted by atomic mass is 19.4. The Hall–Kier alpha value is -3.40. The number of halogens is 7. The molecule has 1 aliphatic heterocycles. The molecule has 2 bridgehead atoms. The van der Waals surface area contributed by atoms with Crippen molar-refractivity contribution >= 4 is 11.9 Å². The van der Waals surface area contributed by atoms with E-state index in [-0.39, 0.29) is 24.1 Å². The summed E-state index contributed by atoms with van der Waals surface area (Å²) in [5.74, 6) is -4.98. The van der Waals surface area contributed by atoms with Crippen molar-refractivity contribution in [2.24, 2.45) is 0 Å². The average Bonchev–Trinajstić information content (AvgIpc) is 3.40. The summed E-state index contributed by atoms with van der Waals surface area (Å²) >= 11 is 0. The van der Waals surface area contributed by atoms with E-state index < -0.39 is 30.1 Å². The van der Waals surface area contributed by atoms with Crippen molar-refractivity contribution in [3.8, 4) is 5.88 Å². The predicted molar refractivity (Wildman–Crippen MR) is 108 cm³/mol. The Labute approximate surface area is 204 Å². The van der Waals surface area contributed by atoms with Gasteiger partial charge in [0.15, 0.2) is 5.82 Å². The number of pyridine rings is 1. The zero-order chi connectivity index (χ0) is 27.8. The minimum absolute atomic E-state index is 0.0111. The summed E-state index contributed by atoms with van der Waals surface area (Å²) in [5.41, 5.74) is 0. The molecule has 1 saturated heterocycles. The van der Waals surface area contributed by atoms with Gasteiger partial charge in [-0.3, -0.25) is 4.90 Å². The highest BCUT2D eigenvalue weighted by Crippen LogP contribution is 2.33. The van der Waals surface area contributed by atoms with Gasteiger partial charge < -0.3 is 24.1 Å². The second-order valence-corrected chi connectivity index (χ2v) is 7.58. The van der Waals surface area contributed by atoms with Gasteiger partial charge in [-0.1, -0.05) is 0 Å². The quantitative estimate of drug-likeness (QED) is 0.550. The van der Waals surface area contributed by atoms with E-state index in [4.69, 9.17) is 33.7 Å². The predicted octanol–water partition coefficient (Wildman–Crippen LogP) is 3.89. The molecule has 0 amide bonds. The number of hydrogen-bond donors (Lipinski definition) is 2. The van der Waals surface area contributed by atoms with E-state index in [1.165, 1.54) is 6.07 Å². The number of ether oxygens (including phenoxy) is 2. The van der Waals surface area contributed by atoms with E-state index in [1.807, 2.05) is 12.1 Å². The van der Waals surface area contributed by atoms with Crippen LogP contribution in [0.3, 0.4) is 0 Å². The van der Waals surface area contributed by atoms with Crippen LogP contribution >= 0.6 is 0 Å². The van der Waals surface area contributed by atoms with E-state index in [0.29, 0.717) is 13.2 Å². The van der Waals surface area contributed by atoms with E-state index in [1.54, 1.807) is 18.5 Å². The standard InChI is InChI=1S/C17H19FN2O3.2C2HF3O2/c18-13-4-1-7-19-17(13)23-16-14-5-6-15(16)22-10-8-20(14)11-12-3-2-9-21-12;2*3-2(4,5)1(6)7/h1-4,7,9,14-16H,5-6,8,10-11H2;2*(H,6,7). The summed E-state index contributed by atoms with van der Waals surface area (Å²) in [6, 6.07) is 6.95. The van der Waals surface area contributed by atoms with E-state index in [9.17, 15) is 30.7 Å². The lowest BCUT2D eigenvalue weighted by Crippen LogP contribution is -2.44. The summed E-state index contributed by atoms with van der Waals surface area (Å²) in [6.45, 7) is 2.16. The van der Waals surface area contributed by atoms with Crippen LogP contribution < -0.4 is 4.74 Å². The van der Waals surface area contributed by atoms with Gasteiger partial charge in [-0.25, -0.2) is 19.0 Å². The summed E-state index contributed by atoms with van der Waals surface area (Å²) < 4.78 is 94.6. The van der Waals surface area contributed by atoms with Gasteiger partial charge in [0.25, 0.3) is 5.88 Å². The van der Waals surface area contributed by atoms with Crippen molar-refractivity contribution in [3.05, 3.63) is 48.3 Å². The van der Waals surface area contributed by atoms with Crippen molar-refractivity contribution in [3.63, 3.8) is 0 Å².